The molecule has 19 heavy (non-hydrogen) atoms. The minimum Gasteiger partial charge on any atom is -0.370 e. The van der Waals surface area contributed by atoms with Crippen LogP contribution in [0.1, 0.15) is 54.9 Å². The average Bonchev–Trinajstić information content (AvgIpc) is 2.12. The minimum absolute atomic E-state index is 0. The number of nitrogens with one attached hydrogen (secondary N) is 1. The number of rotatable bonds is 6. The van der Waals surface area contributed by atoms with Gasteiger partial charge in [0.15, 0.2) is 5.96 Å². The summed E-state index contributed by atoms with van der Waals surface area (Å²) in [5.74, 6) is 0.545. The average molecular weight is 384 g/mol. The Hall–Kier alpha value is -0.0400. The van der Waals surface area contributed by atoms with Crippen molar-refractivity contribution in [3.63, 3.8) is 0 Å². The Bertz CT molecular complexity index is 249. The van der Waals surface area contributed by atoms with Crippen molar-refractivity contribution in [3.8, 4) is 0 Å². The first-order valence-electron chi connectivity index (χ1n) is 6.97. The van der Waals surface area contributed by atoms with E-state index >= 15 is 0 Å². The van der Waals surface area contributed by atoms with E-state index in [2.05, 4.69) is 63.7 Å². The first kappa shape index (κ1) is 21.3. The Kier molecular flexibility index (Phi) is 11.0. The van der Waals surface area contributed by atoms with E-state index in [-0.39, 0.29) is 29.5 Å². The smallest absolute Gasteiger partial charge is 0.188 e. The van der Waals surface area contributed by atoms with Gasteiger partial charge in [0.1, 0.15) is 0 Å². The van der Waals surface area contributed by atoms with Crippen LogP contribution in [0, 0.1) is 0 Å². The molecule has 0 saturated carbocycles. The van der Waals surface area contributed by atoms with E-state index in [9.17, 15) is 0 Å². The maximum Gasteiger partial charge on any atom is 0.188 e. The topological polar surface area (TPSA) is 53.6 Å². The molecule has 4 nitrogen and oxygen atoms in total. The summed E-state index contributed by atoms with van der Waals surface area (Å²) >= 11 is 0. The van der Waals surface area contributed by atoms with Crippen molar-refractivity contribution in [1.29, 1.82) is 0 Å². The van der Waals surface area contributed by atoms with Crippen molar-refractivity contribution in [1.82, 2.24) is 10.2 Å². The Morgan fingerprint density at radius 3 is 2.00 bits per heavy atom. The lowest BCUT2D eigenvalue weighted by molar-refractivity contribution is 0.174. The van der Waals surface area contributed by atoms with Crippen LogP contribution in [0.3, 0.4) is 0 Å². The molecule has 0 aliphatic rings. The third-order valence-corrected chi connectivity index (χ3v) is 2.69. The van der Waals surface area contributed by atoms with Crippen LogP contribution in [-0.2, 0) is 0 Å². The predicted molar refractivity (Wildman–Crippen MR) is 96.4 cm³/mol. The second-order valence-electron chi connectivity index (χ2n) is 6.42. The third-order valence-electron chi connectivity index (χ3n) is 2.69. The molecule has 0 fully saturated rings. The Balaban J connectivity index is 0. The standard InChI is InChI=1S/C14H32N4.HI/c1-11(2)18(12(3)4)10-8-9-16-13(15)17-14(5,6)7;/h11-12H,8-10H2,1-7H3,(H3,15,16,17);1H. The van der Waals surface area contributed by atoms with Gasteiger partial charge in [-0.1, -0.05) is 0 Å². The van der Waals surface area contributed by atoms with Gasteiger partial charge in [0, 0.05) is 30.7 Å². The van der Waals surface area contributed by atoms with Crippen LogP contribution in [0.4, 0.5) is 0 Å². The summed E-state index contributed by atoms with van der Waals surface area (Å²) in [4.78, 5) is 6.83. The van der Waals surface area contributed by atoms with E-state index < -0.39 is 0 Å². The summed E-state index contributed by atoms with van der Waals surface area (Å²) in [6.07, 6.45) is 1.04. The Labute approximate surface area is 136 Å². The number of nitrogens with zero attached hydrogens (tertiary/aromatic N) is 2. The largest absolute Gasteiger partial charge is 0.370 e. The quantitative estimate of drug-likeness (QED) is 0.321. The molecule has 0 atom stereocenters. The molecule has 0 heterocycles. The summed E-state index contributed by atoms with van der Waals surface area (Å²) in [6, 6.07) is 1.16. The molecular formula is C14H33IN4. The second kappa shape index (κ2) is 9.80. The highest BCUT2D eigenvalue weighted by Crippen LogP contribution is 2.05. The zero-order valence-corrected chi connectivity index (χ0v) is 16.0. The normalized spacial score (nSPS) is 13.1. The van der Waals surface area contributed by atoms with Gasteiger partial charge in [-0.2, -0.15) is 0 Å². The number of halogens is 1. The maximum atomic E-state index is 5.82. The summed E-state index contributed by atoms with van der Waals surface area (Å²) in [5, 5.41) is 3.17. The van der Waals surface area contributed by atoms with Crippen molar-refractivity contribution < 1.29 is 0 Å². The summed E-state index contributed by atoms with van der Waals surface area (Å²) in [6.45, 7) is 17.0. The first-order chi connectivity index (χ1) is 8.13. The van der Waals surface area contributed by atoms with E-state index in [1.165, 1.54) is 0 Å². The van der Waals surface area contributed by atoms with E-state index in [1.54, 1.807) is 0 Å². The first-order valence-corrected chi connectivity index (χ1v) is 6.97. The van der Waals surface area contributed by atoms with E-state index in [1.807, 2.05) is 0 Å². The van der Waals surface area contributed by atoms with Crippen LogP contribution in [0.25, 0.3) is 0 Å². The van der Waals surface area contributed by atoms with Crippen LogP contribution >= 0.6 is 24.0 Å². The summed E-state index contributed by atoms with van der Waals surface area (Å²) in [7, 11) is 0. The zero-order valence-electron chi connectivity index (χ0n) is 13.7. The van der Waals surface area contributed by atoms with E-state index in [0.29, 0.717) is 18.0 Å². The third kappa shape index (κ3) is 11.5. The molecule has 0 bridgehead atoms. The molecule has 0 aromatic heterocycles. The molecule has 116 valence electrons. The fraction of sp³-hybridized carbons (Fsp3) is 0.929. The van der Waals surface area contributed by atoms with Gasteiger partial charge in [0.05, 0.1) is 0 Å². The van der Waals surface area contributed by atoms with E-state index in [4.69, 9.17) is 5.73 Å². The maximum absolute atomic E-state index is 5.82. The van der Waals surface area contributed by atoms with Crippen molar-refractivity contribution in [2.75, 3.05) is 13.1 Å². The highest BCUT2D eigenvalue weighted by Gasteiger charge is 2.12. The van der Waals surface area contributed by atoms with Gasteiger partial charge in [-0.05, 0) is 54.9 Å². The van der Waals surface area contributed by atoms with Gasteiger partial charge in [-0.15, -0.1) is 24.0 Å². The highest BCUT2D eigenvalue weighted by atomic mass is 127. The minimum atomic E-state index is -0.0184. The molecule has 5 heteroatoms. The molecule has 0 radical (unpaired) electrons. The fourth-order valence-electron chi connectivity index (χ4n) is 1.99. The number of hydrogen-bond acceptors (Lipinski definition) is 2. The van der Waals surface area contributed by atoms with Crippen LogP contribution < -0.4 is 11.1 Å². The van der Waals surface area contributed by atoms with Crippen LogP contribution in [0.15, 0.2) is 4.99 Å². The number of aliphatic imine (C=N–C) groups is 1. The highest BCUT2D eigenvalue weighted by molar-refractivity contribution is 14.0. The molecule has 0 aliphatic carbocycles. The molecule has 0 aromatic carbocycles. The lowest BCUT2D eigenvalue weighted by Gasteiger charge is -2.30. The lowest BCUT2D eigenvalue weighted by atomic mass is 10.1. The van der Waals surface area contributed by atoms with E-state index in [0.717, 1.165) is 19.5 Å². The molecule has 0 aliphatic heterocycles. The summed E-state index contributed by atoms with van der Waals surface area (Å²) < 4.78 is 0. The SMILES string of the molecule is CC(C)N(CCCN=C(N)NC(C)(C)C)C(C)C.I. The Morgan fingerprint density at radius 2 is 1.63 bits per heavy atom. The van der Waals surface area contributed by atoms with Gasteiger partial charge < -0.3 is 11.1 Å². The lowest BCUT2D eigenvalue weighted by Crippen LogP contribution is -2.45. The molecule has 0 unspecified atom stereocenters. The fourth-order valence-corrected chi connectivity index (χ4v) is 1.99. The Morgan fingerprint density at radius 1 is 1.16 bits per heavy atom. The van der Waals surface area contributed by atoms with Crippen LogP contribution in [-0.4, -0.2) is 41.6 Å². The second-order valence-corrected chi connectivity index (χ2v) is 6.42. The molecule has 0 amide bonds. The molecule has 0 saturated heterocycles. The zero-order chi connectivity index (χ0) is 14.3. The van der Waals surface area contributed by atoms with Gasteiger partial charge in [0.2, 0.25) is 0 Å². The van der Waals surface area contributed by atoms with Crippen molar-refractivity contribution in [2.45, 2.75) is 72.5 Å². The van der Waals surface area contributed by atoms with Crippen LogP contribution in [0.5, 0.6) is 0 Å². The monoisotopic (exact) mass is 384 g/mol. The number of hydrogen-bond donors (Lipinski definition) is 2. The van der Waals surface area contributed by atoms with Gasteiger partial charge in [-0.3, -0.25) is 9.89 Å². The molecule has 3 N–H and O–H groups in total. The molecule has 0 rings (SSSR count). The van der Waals surface area contributed by atoms with Gasteiger partial charge in [0.25, 0.3) is 0 Å². The molecule has 0 spiro atoms. The number of nitrogens with two attached hydrogens (primary N) is 1. The van der Waals surface area contributed by atoms with Crippen molar-refractivity contribution in [2.24, 2.45) is 10.7 Å². The number of guanidine groups is 1. The molecule has 0 aromatic rings. The van der Waals surface area contributed by atoms with Crippen molar-refractivity contribution >= 4 is 29.9 Å². The van der Waals surface area contributed by atoms with Crippen LogP contribution in [0.2, 0.25) is 0 Å². The van der Waals surface area contributed by atoms with Crippen molar-refractivity contribution in [3.05, 3.63) is 0 Å². The van der Waals surface area contributed by atoms with Gasteiger partial charge in [-0.25, -0.2) is 0 Å². The van der Waals surface area contributed by atoms with Gasteiger partial charge >= 0.3 is 0 Å². The summed E-state index contributed by atoms with van der Waals surface area (Å²) in [5.41, 5.74) is 5.80. The predicted octanol–water partition coefficient (Wildman–Crippen LogP) is 2.82. The molecular weight excluding hydrogens is 351 g/mol.